The molecule has 0 amide bonds. The van der Waals surface area contributed by atoms with Gasteiger partial charge in [-0.3, -0.25) is 5.10 Å². The average molecular weight is 256 g/mol. The topological polar surface area (TPSA) is 41.0 Å². The van der Waals surface area contributed by atoms with Crippen molar-refractivity contribution >= 4 is 46.5 Å². The lowest BCUT2D eigenvalue weighted by Gasteiger charge is -1.93. The van der Waals surface area contributed by atoms with Crippen molar-refractivity contribution < 1.29 is 0 Å². The number of H-pyrrole nitrogens is 1. The van der Waals surface area contributed by atoms with Crippen LogP contribution in [0, 0.1) is 3.95 Å². The van der Waals surface area contributed by atoms with Crippen LogP contribution >= 0.6 is 35.2 Å². The van der Waals surface area contributed by atoms with Crippen molar-refractivity contribution in [2.24, 2.45) is 4.99 Å². The highest BCUT2D eigenvalue weighted by Gasteiger charge is 1.96. The van der Waals surface area contributed by atoms with Crippen molar-refractivity contribution in [2.75, 3.05) is 0 Å². The lowest BCUT2D eigenvalue weighted by Crippen LogP contribution is -1.80. The van der Waals surface area contributed by atoms with E-state index in [0.29, 0.717) is 14.1 Å². The Morgan fingerprint density at radius 1 is 1.47 bits per heavy atom. The number of nitrogens with one attached hydrogen (secondary N) is 1. The molecule has 0 bridgehead atoms. The molecule has 0 unspecified atom stereocenters. The number of aliphatic imine (C=N–C) groups is 1. The van der Waals surface area contributed by atoms with Gasteiger partial charge in [0.25, 0.3) is 0 Å². The molecule has 0 aliphatic rings. The molecule has 0 aliphatic carbocycles. The monoisotopic (exact) mass is 255 g/mol. The summed E-state index contributed by atoms with van der Waals surface area (Å²) in [5.74, 6) is 0. The quantitative estimate of drug-likeness (QED) is 0.658. The molecule has 1 aromatic heterocycles. The van der Waals surface area contributed by atoms with Crippen LogP contribution in [0.5, 0.6) is 0 Å². The summed E-state index contributed by atoms with van der Waals surface area (Å²) in [5.41, 5.74) is 0.861. The first-order chi connectivity index (χ1) is 7.25. The van der Waals surface area contributed by atoms with Crippen LogP contribution in [-0.2, 0) is 0 Å². The minimum Gasteiger partial charge on any atom is -0.256 e. The minimum atomic E-state index is 0.597. The molecule has 76 valence electrons. The zero-order chi connectivity index (χ0) is 10.7. The molecule has 1 N–H and O–H groups in total. The van der Waals surface area contributed by atoms with Gasteiger partial charge in [0.15, 0.2) is 3.95 Å². The summed E-state index contributed by atoms with van der Waals surface area (Å²) in [4.78, 5) is 4.16. The minimum absolute atomic E-state index is 0.597. The Morgan fingerprint density at radius 3 is 2.93 bits per heavy atom. The predicted molar refractivity (Wildman–Crippen MR) is 66.0 cm³/mol. The van der Waals surface area contributed by atoms with Gasteiger partial charge >= 0.3 is 0 Å². The summed E-state index contributed by atoms with van der Waals surface area (Å²) in [6.45, 7) is 0. The molecule has 1 heterocycles. The number of aromatic amines is 1. The second-order valence-corrected chi connectivity index (χ2v) is 4.73. The maximum atomic E-state index is 5.96. The second-order valence-electron chi connectivity index (χ2n) is 2.68. The van der Waals surface area contributed by atoms with Crippen molar-refractivity contribution in [3.8, 4) is 0 Å². The third-order valence-corrected chi connectivity index (χ3v) is 2.99. The Hall–Kier alpha value is -1.04. The summed E-state index contributed by atoms with van der Waals surface area (Å²) in [5, 5.41) is 7.83. The van der Waals surface area contributed by atoms with Gasteiger partial charge in [-0.05, 0) is 18.3 Å². The van der Waals surface area contributed by atoms with E-state index in [9.17, 15) is 0 Å². The van der Waals surface area contributed by atoms with Gasteiger partial charge in [-0.15, -0.1) is 5.10 Å². The van der Waals surface area contributed by atoms with E-state index in [0.717, 1.165) is 5.56 Å². The lowest BCUT2D eigenvalue weighted by atomic mass is 10.2. The molecule has 1 aromatic carbocycles. The first-order valence-electron chi connectivity index (χ1n) is 4.10. The Balaban J connectivity index is 2.26. The molecule has 6 heteroatoms. The molecule has 0 spiro atoms. The Bertz CT molecular complexity index is 544. The number of nitrogens with zero attached hydrogens (tertiary/aromatic N) is 2. The Kier molecular flexibility index (Phi) is 3.25. The van der Waals surface area contributed by atoms with Crippen LogP contribution in [0.3, 0.4) is 0 Å². The van der Waals surface area contributed by atoms with Gasteiger partial charge < -0.3 is 0 Å². The Labute approximate surface area is 100 Å². The summed E-state index contributed by atoms with van der Waals surface area (Å²) in [6, 6.07) is 7.48. The fraction of sp³-hybridized carbons (Fsp3) is 0. The van der Waals surface area contributed by atoms with E-state index >= 15 is 0 Å². The van der Waals surface area contributed by atoms with Crippen molar-refractivity contribution in [1.29, 1.82) is 0 Å². The first kappa shape index (κ1) is 10.5. The molecule has 15 heavy (non-hydrogen) atoms. The van der Waals surface area contributed by atoms with E-state index in [1.165, 1.54) is 11.3 Å². The van der Waals surface area contributed by atoms with Crippen LogP contribution in [-0.4, -0.2) is 16.4 Å². The molecular formula is C9H6ClN3S2. The third-order valence-electron chi connectivity index (χ3n) is 1.65. The molecule has 0 radical (unpaired) electrons. The van der Waals surface area contributed by atoms with Gasteiger partial charge in [-0.1, -0.05) is 41.1 Å². The SMILES string of the molecule is S=c1[nH]nc(N=Cc2ccccc2Cl)s1. The van der Waals surface area contributed by atoms with Gasteiger partial charge in [-0.25, -0.2) is 4.99 Å². The van der Waals surface area contributed by atoms with Gasteiger partial charge in [0, 0.05) is 16.8 Å². The number of halogens is 1. The summed E-state index contributed by atoms with van der Waals surface area (Å²) in [6.07, 6.45) is 1.67. The maximum Gasteiger partial charge on any atom is 0.230 e. The third kappa shape index (κ3) is 2.71. The standard InChI is InChI=1S/C9H6ClN3S2/c10-7-4-2-1-3-6(7)5-11-8-12-13-9(14)15-8/h1-5H,(H,13,14). The molecule has 2 aromatic rings. The molecule has 2 rings (SSSR count). The fourth-order valence-corrected chi connectivity index (χ4v) is 1.89. The summed E-state index contributed by atoms with van der Waals surface area (Å²) in [7, 11) is 0. The average Bonchev–Trinajstić information content (AvgIpc) is 2.63. The normalized spacial score (nSPS) is 11.0. The van der Waals surface area contributed by atoms with E-state index in [1.54, 1.807) is 6.21 Å². The molecule has 0 saturated heterocycles. The number of benzene rings is 1. The molecule has 0 fully saturated rings. The number of hydrogen-bond acceptors (Lipinski definition) is 4. The van der Waals surface area contributed by atoms with E-state index in [4.69, 9.17) is 23.8 Å². The van der Waals surface area contributed by atoms with Crippen LogP contribution in [0.2, 0.25) is 5.02 Å². The van der Waals surface area contributed by atoms with Crippen LogP contribution in [0.15, 0.2) is 29.3 Å². The number of aromatic nitrogens is 2. The van der Waals surface area contributed by atoms with E-state index < -0.39 is 0 Å². The van der Waals surface area contributed by atoms with Crippen LogP contribution < -0.4 is 0 Å². The number of rotatable bonds is 2. The van der Waals surface area contributed by atoms with E-state index in [-0.39, 0.29) is 0 Å². The lowest BCUT2D eigenvalue weighted by molar-refractivity contribution is 1.07. The molecule has 3 nitrogen and oxygen atoms in total. The molecule has 0 atom stereocenters. The zero-order valence-electron chi connectivity index (χ0n) is 7.48. The van der Waals surface area contributed by atoms with Crippen molar-refractivity contribution in [3.63, 3.8) is 0 Å². The highest BCUT2D eigenvalue weighted by Crippen LogP contribution is 2.17. The van der Waals surface area contributed by atoms with Crippen LogP contribution in [0.25, 0.3) is 0 Å². The highest BCUT2D eigenvalue weighted by atomic mass is 35.5. The van der Waals surface area contributed by atoms with Crippen molar-refractivity contribution in [1.82, 2.24) is 10.2 Å². The van der Waals surface area contributed by atoms with Crippen LogP contribution in [0.4, 0.5) is 5.13 Å². The molecular weight excluding hydrogens is 250 g/mol. The first-order valence-corrected chi connectivity index (χ1v) is 5.70. The van der Waals surface area contributed by atoms with Gasteiger partial charge in [-0.2, -0.15) is 0 Å². The fourth-order valence-electron chi connectivity index (χ4n) is 0.982. The number of hydrogen-bond donors (Lipinski definition) is 1. The Morgan fingerprint density at radius 2 is 2.27 bits per heavy atom. The summed E-state index contributed by atoms with van der Waals surface area (Å²) >= 11 is 12.2. The van der Waals surface area contributed by atoms with E-state index in [2.05, 4.69) is 15.2 Å². The van der Waals surface area contributed by atoms with E-state index in [1.807, 2.05) is 24.3 Å². The summed E-state index contributed by atoms with van der Waals surface area (Å²) < 4.78 is 0.612. The van der Waals surface area contributed by atoms with Gasteiger partial charge in [0.1, 0.15) is 0 Å². The smallest absolute Gasteiger partial charge is 0.230 e. The van der Waals surface area contributed by atoms with Gasteiger partial charge in [0.2, 0.25) is 5.13 Å². The molecule has 0 saturated carbocycles. The predicted octanol–water partition coefficient (Wildman–Crippen LogP) is 3.60. The van der Waals surface area contributed by atoms with Gasteiger partial charge in [0.05, 0.1) is 0 Å². The maximum absolute atomic E-state index is 5.96. The van der Waals surface area contributed by atoms with Crippen molar-refractivity contribution in [3.05, 3.63) is 38.8 Å². The highest BCUT2D eigenvalue weighted by molar-refractivity contribution is 7.73. The largest absolute Gasteiger partial charge is 0.256 e. The molecule has 0 aliphatic heterocycles. The van der Waals surface area contributed by atoms with Crippen molar-refractivity contribution in [2.45, 2.75) is 0 Å². The van der Waals surface area contributed by atoms with Crippen LogP contribution in [0.1, 0.15) is 5.56 Å². The zero-order valence-corrected chi connectivity index (χ0v) is 9.86. The second kappa shape index (κ2) is 4.65.